The molecule has 3 rings (SSSR count). The third kappa shape index (κ3) is 7.20. The first kappa shape index (κ1) is 24.5. The van der Waals surface area contributed by atoms with Gasteiger partial charge in [0.15, 0.2) is 0 Å². The summed E-state index contributed by atoms with van der Waals surface area (Å²) in [6.45, 7) is 6.11. The molecule has 2 fully saturated rings. The number of carbonyl (C=O) groups is 2. The normalized spacial score (nSPS) is 20.7. The van der Waals surface area contributed by atoms with Gasteiger partial charge < -0.3 is 24.8 Å². The van der Waals surface area contributed by atoms with E-state index in [0.717, 1.165) is 69.0 Å². The van der Waals surface area contributed by atoms with Crippen molar-refractivity contribution >= 4 is 12.0 Å². The minimum atomic E-state index is -0.912. The molecule has 32 heavy (non-hydrogen) atoms. The molecule has 2 aliphatic rings. The molecule has 178 valence electrons. The van der Waals surface area contributed by atoms with Crippen molar-refractivity contribution in [2.24, 2.45) is 0 Å². The number of unbranched alkanes of at least 4 members (excludes halogenated alkanes) is 1. The first-order valence-electron chi connectivity index (χ1n) is 12.1. The quantitative estimate of drug-likeness (QED) is 0.461. The van der Waals surface area contributed by atoms with Gasteiger partial charge in [0.05, 0.1) is 31.0 Å². The van der Waals surface area contributed by atoms with E-state index in [4.69, 9.17) is 9.47 Å². The number of carbonyl (C=O) groups excluding carboxylic acids is 1. The molecule has 0 spiro atoms. The Balaban J connectivity index is 1.43. The molecule has 2 atom stereocenters. The lowest BCUT2D eigenvalue weighted by Gasteiger charge is -2.30. The number of carboxylic acids is 1. The van der Waals surface area contributed by atoms with E-state index in [1.54, 1.807) is 0 Å². The summed E-state index contributed by atoms with van der Waals surface area (Å²) in [4.78, 5) is 26.0. The molecule has 0 saturated heterocycles. The molecule has 0 radical (unpaired) electrons. The second-order valence-corrected chi connectivity index (χ2v) is 9.02. The van der Waals surface area contributed by atoms with Crippen molar-refractivity contribution < 1.29 is 24.2 Å². The van der Waals surface area contributed by atoms with Crippen LogP contribution in [0, 0.1) is 6.92 Å². The lowest BCUT2D eigenvalue weighted by Crippen LogP contribution is -2.44. The number of nitrogens with zero attached hydrogens (tertiary/aromatic N) is 1. The van der Waals surface area contributed by atoms with E-state index < -0.39 is 5.97 Å². The lowest BCUT2D eigenvalue weighted by molar-refractivity contribution is -0.0526. The highest BCUT2D eigenvalue weighted by atomic mass is 16.5. The van der Waals surface area contributed by atoms with Crippen LogP contribution in [0.5, 0.6) is 0 Å². The Bertz CT molecular complexity index is 765. The number of nitrogens with one attached hydrogen (secondary N) is 1. The van der Waals surface area contributed by atoms with Gasteiger partial charge in [-0.05, 0) is 63.0 Å². The Labute approximate surface area is 191 Å². The van der Waals surface area contributed by atoms with Gasteiger partial charge in [0.2, 0.25) is 0 Å². The number of aryl methyl sites for hydroxylation is 1. The first-order valence-corrected chi connectivity index (χ1v) is 12.1. The summed E-state index contributed by atoms with van der Waals surface area (Å²) in [5, 5.41) is 12.5. The van der Waals surface area contributed by atoms with Gasteiger partial charge in [0.1, 0.15) is 0 Å². The zero-order chi connectivity index (χ0) is 22.9. The maximum absolute atomic E-state index is 12.5. The van der Waals surface area contributed by atoms with E-state index in [0.29, 0.717) is 31.4 Å². The van der Waals surface area contributed by atoms with Gasteiger partial charge in [-0.1, -0.05) is 31.5 Å². The third-order valence-corrected chi connectivity index (χ3v) is 6.37. The van der Waals surface area contributed by atoms with Crippen LogP contribution in [-0.2, 0) is 16.1 Å². The average molecular weight is 447 g/mol. The van der Waals surface area contributed by atoms with E-state index in [-0.39, 0.29) is 18.2 Å². The first-order chi connectivity index (χ1) is 15.5. The van der Waals surface area contributed by atoms with Crippen LogP contribution in [0.3, 0.4) is 0 Å². The van der Waals surface area contributed by atoms with Crippen molar-refractivity contribution in [2.45, 2.75) is 90.1 Å². The second kappa shape index (κ2) is 12.2. The number of hydrogen-bond donors (Lipinski definition) is 2. The maximum Gasteiger partial charge on any atom is 0.336 e. The smallest absolute Gasteiger partial charge is 0.336 e. The molecule has 1 aromatic rings. The van der Waals surface area contributed by atoms with E-state index in [9.17, 15) is 14.7 Å². The highest BCUT2D eigenvalue weighted by Gasteiger charge is 2.32. The maximum atomic E-state index is 12.5. The number of amides is 2. The number of ether oxygens (including phenoxy) is 2. The minimum Gasteiger partial charge on any atom is -0.478 e. The summed E-state index contributed by atoms with van der Waals surface area (Å²) in [6, 6.07) is 5.90. The number of urea groups is 1. The van der Waals surface area contributed by atoms with Crippen LogP contribution in [0.15, 0.2) is 18.2 Å². The van der Waals surface area contributed by atoms with Crippen LogP contribution >= 0.6 is 0 Å². The average Bonchev–Trinajstić information content (AvgIpc) is 3.60. The molecule has 2 amide bonds. The minimum absolute atomic E-state index is 0.0294. The molecule has 0 bridgehead atoms. The van der Waals surface area contributed by atoms with Gasteiger partial charge in [-0.3, -0.25) is 0 Å². The fourth-order valence-corrected chi connectivity index (χ4v) is 4.39. The molecule has 2 aliphatic carbocycles. The third-order valence-electron chi connectivity index (χ3n) is 6.37. The van der Waals surface area contributed by atoms with E-state index in [1.165, 1.54) is 0 Å². The van der Waals surface area contributed by atoms with Crippen molar-refractivity contribution in [1.29, 1.82) is 0 Å². The molecule has 7 nitrogen and oxygen atoms in total. The highest BCUT2D eigenvalue weighted by molar-refractivity contribution is 5.91. The second-order valence-electron chi connectivity index (χ2n) is 9.02. The number of benzene rings is 1. The summed E-state index contributed by atoms with van der Waals surface area (Å²) in [6.07, 6.45) is 8.20. The SMILES string of the molecule is CCCCNC(=O)N(CCO[C@H]1CCCC(OCc2cccc(C)c2C(=O)O)C1)C1CC1. The lowest BCUT2D eigenvalue weighted by atomic mass is 9.94. The van der Waals surface area contributed by atoms with Crippen LogP contribution in [0.25, 0.3) is 0 Å². The molecule has 0 heterocycles. The fourth-order valence-electron chi connectivity index (χ4n) is 4.39. The summed E-state index contributed by atoms with van der Waals surface area (Å²) in [7, 11) is 0. The molecule has 2 N–H and O–H groups in total. The molecule has 2 saturated carbocycles. The Morgan fingerprint density at radius 2 is 1.91 bits per heavy atom. The summed E-state index contributed by atoms with van der Waals surface area (Å²) in [5.74, 6) is -0.912. The van der Waals surface area contributed by atoms with Gasteiger partial charge in [0, 0.05) is 19.1 Å². The number of carboxylic acid groups (broad SMARTS) is 1. The zero-order valence-electron chi connectivity index (χ0n) is 19.5. The van der Waals surface area contributed by atoms with Crippen LogP contribution < -0.4 is 5.32 Å². The molecule has 7 heteroatoms. The van der Waals surface area contributed by atoms with Gasteiger partial charge >= 0.3 is 12.0 Å². The van der Waals surface area contributed by atoms with E-state index in [2.05, 4.69) is 12.2 Å². The predicted molar refractivity (Wildman–Crippen MR) is 123 cm³/mol. The van der Waals surface area contributed by atoms with Crippen molar-refractivity contribution in [2.75, 3.05) is 19.7 Å². The Hall–Kier alpha value is -2.12. The standard InChI is InChI=1S/C25H38N2O5/c1-3-4-13-26-25(30)27(20-11-12-20)14-15-31-21-9-6-10-22(16-21)32-17-19-8-5-7-18(2)23(19)24(28)29/h5,7-8,20-22H,3-4,6,9-17H2,1-2H3,(H,26,30)(H,28,29)/t21-,22?/m0/s1. The van der Waals surface area contributed by atoms with Crippen molar-refractivity contribution in [3.8, 4) is 0 Å². The molecule has 1 unspecified atom stereocenters. The van der Waals surface area contributed by atoms with Crippen LogP contribution in [-0.4, -0.2) is 60.0 Å². The molecule has 0 aromatic heterocycles. The monoisotopic (exact) mass is 446 g/mol. The fraction of sp³-hybridized carbons (Fsp3) is 0.680. The van der Waals surface area contributed by atoms with Gasteiger partial charge in [-0.15, -0.1) is 0 Å². The number of aromatic carboxylic acids is 1. The Morgan fingerprint density at radius 1 is 1.16 bits per heavy atom. The number of hydrogen-bond acceptors (Lipinski definition) is 4. The predicted octanol–water partition coefficient (Wildman–Crippen LogP) is 4.51. The Morgan fingerprint density at radius 3 is 2.59 bits per heavy atom. The summed E-state index contributed by atoms with van der Waals surface area (Å²) in [5.41, 5.74) is 1.81. The van der Waals surface area contributed by atoms with E-state index >= 15 is 0 Å². The highest BCUT2D eigenvalue weighted by Crippen LogP contribution is 2.28. The van der Waals surface area contributed by atoms with Crippen LogP contribution in [0.2, 0.25) is 0 Å². The van der Waals surface area contributed by atoms with E-state index in [1.807, 2.05) is 30.0 Å². The summed E-state index contributed by atoms with van der Waals surface area (Å²) >= 11 is 0. The molecular weight excluding hydrogens is 408 g/mol. The zero-order valence-corrected chi connectivity index (χ0v) is 19.5. The topological polar surface area (TPSA) is 88.1 Å². The van der Waals surface area contributed by atoms with Crippen molar-refractivity contribution in [3.63, 3.8) is 0 Å². The van der Waals surface area contributed by atoms with Crippen LogP contribution in [0.4, 0.5) is 4.79 Å². The number of rotatable bonds is 12. The van der Waals surface area contributed by atoms with Crippen molar-refractivity contribution in [1.82, 2.24) is 10.2 Å². The van der Waals surface area contributed by atoms with Crippen molar-refractivity contribution in [3.05, 3.63) is 34.9 Å². The van der Waals surface area contributed by atoms with Crippen LogP contribution in [0.1, 0.15) is 79.8 Å². The van der Waals surface area contributed by atoms with Gasteiger partial charge in [0.25, 0.3) is 0 Å². The van der Waals surface area contributed by atoms with Gasteiger partial charge in [-0.25, -0.2) is 9.59 Å². The molecule has 0 aliphatic heterocycles. The Kier molecular flexibility index (Phi) is 9.36. The summed E-state index contributed by atoms with van der Waals surface area (Å²) < 4.78 is 12.2. The van der Waals surface area contributed by atoms with Gasteiger partial charge in [-0.2, -0.15) is 0 Å². The molecular formula is C25H38N2O5. The largest absolute Gasteiger partial charge is 0.478 e. The molecule has 1 aromatic carbocycles.